The van der Waals surface area contributed by atoms with Crippen LogP contribution in [0.5, 0.6) is 5.75 Å². The second kappa shape index (κ2) is 9.72. The number of esters is 1. The number of carbonyl (C=O) groups excluding carboxylic acids is 3. The number of guanidine groups is 1. The molecule has 2 aromatic rings. The van der Waals surface area contributed by atoms with E-state index in [1.807, 2.05) is 0 Å². The first-order valence-electron chi connectivity index (χ1n) is 9.33. The number of rotatable bonds is 8. The lowest BCUT2D eigenvalue weighted by atomic mass is 9.89. The van der Waals surface area contributed by atoms with Crippen LogP contribution < -0.4 is 27.3 Å². The smallest absolute Gasteiger partial charge is 0.345 e. The van der Waals surface area contributed by atoms with Gasteiger partial charge in [0.1, 0.15) is 11.3 Å². The van der Waals surface area contributed by atoms with Crippen molar-refractivity contribution < 1.29 is 19.1 Å². The molecule has 0 aromatic heterocycles. The van der Waals surface area contributed by atoms with Crippen LogP contribution >= 0.6 is 0 Å². The number of nitrogens with two attached hydrogens (primary N) is 3. The first-order chi connectivity index (χ1) is 14.6. The highest BCUT2D eigenvalue weighted by atomic mass is 16.5. The van der Waals surface area contributed by atoms with Gasteiger partial charge in [0.2, 0.25) is 0 Å². The van der Waals surface area contributed by atoms with Crippen LogP contribution in [0.25, 0.3) is 0 Å². The number of hydrogen-bond acceptors (Lipinski definition) is 6. The molecular formula is C21H26N6O4. The van der Waals surface area contributed by atoms with E-state index in [-0.39, 0.29) is 35.3 Å². The first-order valence-corrected chi connectivity index (χ1v) is 9.33. The molecule has 164 valence electrons. The lowest BCUT2D eigenvalue weighted by Gasteiger charge is -2.36. The summed E-state index contributed by atoms with van der Waals surface area (Å²) in [6.07, 6.45) is 0. The van der Waals surface area contributed by atoms with E-state index >= 15 is 0 Å². The Bertz CT molecular complexity index is 1000. The Hall–Kier alpha value is -3.92. The Kier molecular flexibility index (Phi) is 7.33. The number of ether oxygens (including phenoxy) is 1. The van der Waals surface area contributed by atoms with Gasteiger partial charge >= 0.3 is 12.0 Å². The number of nitrogens with one attached hydrogen (secondary N) is 1. The number of nitrogens with zero attached hydrogens (tertiary/aromatic N) is 2. The zero-order valence-corrected chi connectivity index (χ0v) is 17.6. The van der Waals surface area contributed by atoms with Crippen LogP contribution in [0.1, 0.15) is 27.6 Å². The number of benzene rings is 2. The lowest BCUT2D eigenvalue weighted by molar-refractivity contribution is 0.0733. The Morgan fingerprint density at radius 2 is 1.68 bits per heavy atom. The second-order valence-electron chi connectivity index (χ2n) is 7.00. The summed E-state index contributed by atoms with van der Waals surface area (Å²) < 4.78 is 5.38. The van der Waals surface area contributed by atoms with Crippen molar-refractivity contribution in [2.45, 2.75) is 12.5 Å². The van der Waals surface area contributed by atoms with Crippen LogP contribution in [0.2, 0.25) is 0 Å². The molecule has 0 radical (unpaired) electrons. The molecule has 0 fully saturated rings. The summed E-state index contributed by atoms with van der Waals surface area (Å²) >= 11 is 0. The number of aliphatic imine (C=N–C) groups is 1. The number of hydrogen-bond donors (Lipinski definition) is 4. The van der Waals surface area contributed by atoms with Crippen molar-refractivity contribution in [1.82, 2.24) is 10.2 Å². The van der Waals surface area contributed by atoms with Gasteiger partial charge in [0.25, 0.3) is 0 Å². The minimum atomic E-state index is -1.20. The molecule has 0 saturated heterocycles. The fourth-order valence-corrected chi connectivity index (χ4v) is 2.97. The Morgan fingerprint density at radius 1 is 1.06 bits per heavy atom. The van der Waals surface area contributed by atoms with E-state index in [1.165, 1.54) is 42.3 Å². The molecule has 10 nitrogen and oxygen atoms in total. The van der Waals surface area contributed by atoms with Gasteiger partial charge in [-0.2, -0.15) is 0 Å². The number of likely N-dealkylation sites (N-methyl/N-ethyl adjacent to an activating group) is 2. The summed E-state index contributed by atoms with van der Waals surface area (Å²) in [6.45, 7) is 1.81. The largest absolute Gasteiger partial charge is 0.423 e. The Balaban J connectivity index is 2.24. The lowest BCUT2D eigenvalue weighted by Crippen LogP contribution is -2.59. The van der Waals surface area contributed by atoms with Crippen LogP contribution in [-0.2, 0) is 0 Å². The zero-order chi connectivity index (χ0) is 23.2. The molecule has 0 spiro atoms. The molecular weight excluding hydrogens is 400 g/mol. The van der Waals surface area contributed by atoms with E-state index in [9.17, 15) is 14.4 Å². The predicted molar refractivity (Wildman–Crippen MR) is 117 cm³/mol. The number of primary amides is 1. The molecule has 0 bridgehead atoms. The molecule has 1 unspecified atom stereocenters. The van der Waals surface area contributed by atoms with E-state index in [0.29, 0.717) is 5.56 Å². The van der Waals surface area contributed by atoms with Gasteiger partial charge in [-0.05, 0) is 50.4 Å². The summed E-state index contributed by atoms with van der Waals surface area (Å²) in [5.41, 5.74) is 15.7. The number of para-hydroxylation sites is 1. The fourth-order valence-electron chi connectivity index (χ4n) is 2.97. The number of carbonyl (C=O) groups is 3. The van der Waals surface area contributed by atoms with E-state index in [2.05, 4.69) is 10.3 Å². The quantitative estimate of drug-likeness (QED) is 0.160. The predicted octanol–water partition coefficient (Wildman–Crippen LogP) is 0.982. The van der Waals surface area contributed by atoms with Crippen molar-refractivity contribution >= 4 is 29.4 Å². The zero-order valence-electron chi connectivity index (χ0n) is 17.6. The molecule has 0 aliphatic heterocycles. The minimum Gasteiger partial charge on any atom is -0.423 e. The number of urea groups is 1. The third-order valence-electron chi connectivity index (χ3n) is 4.78. The molecule has 31 heavy (non-hydrogen) atoms. The van der Waals surface area contributed by atoms with Gasteiger partial charge in [0, 0.05) is 19.2 Å². The molecule has 2 rings (SSSR count). The molecule has 1 atom stereocenters. The van der Waals surface area contributed by atoms with E-state index in [4.69, 9.17) is 21.9 Å². The average Bonchev–Trinajstić information content (AvgIpc) is 2.73. The summed E-state index contributed by atoms with van der Waals surface area (Å²) in [6, 6.07) is 11.7. The maximum atomic E-state index is 13.1. The first kappa shape index (κ1) is 23.4. The molecule has 0 heterocycles. The highest BCUT2D eigenvalue weighted by Gasteiger charge is 2.39. The molecule has 2 aromatic carbocycles. The number of amides is 2. The standard InChI is InChI=1S/C21H26N6O4/c1-21(12-25-2,27(3)20(24)30)17(28)13-8-10-14(11-9-13)31-18(29)15-6-4-5-7-16(15)26-19(22)23/h4-11,25H,12H2,1-3H3,(H2,24,30)(H4,22,23,26). The van der Waals surface area contributed by atoms with Gasteiger partial charge < -0.3 is 32.2 Å². The Labute approximate surface area is 180 Å². The van der Waals surface area contributed by atoms with Gasteiger partial charge in [0.05, 0.1) is 11.3 Å². The highest BCUT2D eigenvalue weighted by molar-refractivity contribution is 6.05. The van der Waals surface area contributed by atoms with Crippen molar-refractivity contribution in [2.24, 2.45) is 22.2 Å². The van der Waals surface area contributed by atoms with Crippen LogP contribution in [0.4, 0.5) is 10.5 Å². The summed E-state index contributed by atoms with van der Waals surface area (Å²) in [7, 11) is 3.13. The molecule has 7 N–H and O–H groups in total. The Morgan fingerprint density at radius 3 is 2.23 bits per heavy atom. The molecule has 2 amide bonds. The molecule has 0 aliphatic rings. The van der Waals surface area contributed by atoms with Crippen LogP contribution in [-0.4, -0.2) is 54.8 Å². The highest BCUT2D eigenvalue weighted by Crippen LogP contribution is 2.24. The van der Waals surface area contributed by atoms with Gasteiger partial charge in [0.15, 0.2) is 11.7 Å². The molecule has 0 aliphatic carbocycles. The van der Waals surface area contributed by atoms with E-state index in [0.717, 1.165) is 0 Å². The normalized spacial score (nSPS) is 12.4. The van der Waals surface area contributed by atoms with E-state index in [1.54, 1.807) is 32.2 Å². The van der Waals surface area contributed by atoms with E-state index < -0.39 is 17.5 Å². The van der Waals surface area contributed by atoms with Crippen molar-refractivity contribution in [1.29, 1.82) is 0 Å². The van der Waals surface area contributed by atoms with Crippen LogP contribution in [0.3, 0.4) is 0 Å². The third kappa shape index (κ3) is 5.37. The van der Waals surface area contributed by atoms with Gasteiger partial charge in [-0.3, -0.25) is 4.79 Å². The van der Waals surface area contributed by atoms with Crippen molar-refractivity contribution in [3.05, 3.63) is 59.7 Å². The maximum Gasteiger partial charge on any atom is 0.345 e. The summed E-state index contributed by atoms with van der Waals surface area (Å²) in [4.78, 5) is 42.3. The minimum absolute atomic E-state index is 0.181. The fraction of sp³-hybridized carbons (Fsp3) is 0.238. The molecule has 10 heteroatoms. The number of Topliss-reactive ketones (excluding diaryl/α,β-unsaturated/α-hetero) is 1. The van der Waals surface area contributed by atoms with Crippen LogP contribution in [0.15, 0.2) is 53.5 Å². The summed E-state index contributed by atoms with van der Waals surface area (Å²) in [5, 5.41) is 2.90. The second-order valence-corrected chi connectivity index (χ2v) is 7.00. The van der Waals surface area contributed by atoms with Gasteiger partial charge in [-0.25, -0.2) is 14.6 Å². The van der Waals surface area contributed by atoms with Crippen LogP contribution in [0, 0.1) is 0 Å². The third-order valence-corrected chi connectivity index (χ3v) is 4.78. The van der Waals surface area contributed by atoms with Crippen molar-refractivity contribution in [3.8, 4) is 5.75 Å². The van der Waals surface area contributed by atoms with Crippen molar-refractivity contribution in [3.63, 3.8) is 0 Å². The van der Waals surface area contributed by atoms with Gasteiger partial charge in [-0.15, -0.1) is 0 Å². The average molecular weight is 426 g/mol. The molecule has 0 saturated carbocycles. The monoisotopic (exact) mass is 426 g/mol. The van der Waals surface area contributed by atoms with Gasteiger partial charge in [-0.1, -0.05) is 12.1 Å². The maximum absolute atomic E-state index is 13.1. The van der Waals surface area contributed by atoms with Crippen molar-refractivity contribution in [2.75, 3.05) is 20.6 Å². The SMILES string of the molecule is CNCC(C)(C(=O)c1ccc(OC(=O)c2ccccc2N=C(N)N)cc1)N(C)C(N)=O. The summed E-state index contributed by atoms with van der Waals surface area (Å²) in [5.74, 6) is -0.944. The topological polar surface area (TPSA) is 166 Å². The number of ketones is 1.